The van der Waals surface area contributed by atoms with E-state index in [4.69, 9.17) is 4.74 Å². The van der Waals surface area contributed by atoms with Gasteiger partial charge in [0.1, 0.15) is 5.75 Å². The molecule has 2 aromatic rings. The fourth-order valence-electron chi connectivity index (χ4n) is 2.46. The van der Waals surface area contributed by atoms with Crippen molar-refractivity contribution in [2.45, 2.75) is 30.1 Å². The molecule has 0 saturated carbocycles. The van der Waals surface area contributed by atoms with Crippen LogP contribution < -0.4 is 10.1 Å². The molecule has 0 heterocycles. The van der Waals surface area contributed by atoms with E-state index in [1.165, 1.54) is 24.3 Å². The highest BCUT2D eigenvalue weighted by atomic mass is 32.2. The minimum Gasteiger partial charge on any atom is -0.494 e. The number of amides is 1. The first-order valence-corrected chi connectivity index (χ1v) is 10.6. The zero-order valence-electron chi connectivity index (χ0n) is 16.0. The first-order valence-electron chi connectivity index (χ1n) is 8.68. The Bertz CT molecular complexity index is 999. The summed E-state index contributed by atoms with van der Waals surface area (Å²) in [6.45, 7) is 0.0159. The van der Waals surface area contributed by atoms with Crippen molar-refractivity contribution in [3.05, 3.63) is 53.6 Å². The lowest BCUT2D eigenvalue weighted by Crippen LogP contribution is -2.16. The van der Waals surface area contributed by atoms with Crippen LogP contribution in [0.3, 0.4) is 0 Å². The zero-order chi connectivity index (χ0) is 23.4. The summed E-state index contributed by atoms with van der Waals surface area (Å²) in [5.74, 6) is -0.455. The molecule has 0 bridgehead atoms. The molecule has 0 aromatic heterocycles. The van der Waals surface area contributed by atoms with E-state index in [9.17, 15) is 39.6 Å². The van der Waals surface area contributed by atoms with Crippen molar-refractivity contribution in [3.63, 3.8) is 0 Å². The molecule has 1 N–H and O–H groups in total. The van der Waals surface area contributed by atoms with Crippen LogP contribution in [0.4, 0.5) is 32.0 Å². The number of hydrogen-bond acceptors (Lipinski definition) is 4. The van der Waals surface area contributed by atoms with Crippen molar-refractivity contribution >= 4 is 21.4 Å². The van der Waals surface area contributed by atoms with E-state index < -0.39 is 44.9 Å². The molecule has 12 heteroatoms. The van der Waals surface area contributed by atoms with Gasteiger partial charge in [-0.3, -0.25) is 4.79 Å². The van der Waals surface area contributed by atoms with Crippen molar-refractivity contribution in [2.75, 3.05) is 18.2 Å². The van der Waals surface area contributed by atoms with Gasteiger partial charge in [0, 0.05) is 18.4 Å². The highest BCUT2D eigenvalue weighted by Gasteiger charge is 2.37. The Morgan fingerprint density at radius 2 is 1.45 bits per heavy atom. The van der Waals surface area contributed by atoms with Gasteiger partial charge in [-0.15, -0.1) is 0 Å². The maximum absolute atomic E-state index is 12.8. The average molecular weight is 469 g/mol. The predicted octanol–water partition coefficient (Wildman–Crippen LogP) is 4.93. The van der Waals surface area contributed by atoms with E-state index in [1.54, 1.807) is 0 Å². The summed E-state index contributed by atoms with van der Waals surface area (Å²) in [4.78, 5) is 12.0. The summed E-state index contributed by atoms with van der Waals surface area (Å²) in [6.07, 6.45) is -9.09. The highest BCUT2D eigenvalue weighted by molar-refractivity contribution is 7.90. The van der Waals surface area contributed by atoms with E-state index in [1.807, 2.05) is 5.32 Å². The number of anilines is 1. The molecule has 1 amide bonds. The zero-order valence-corrected chi connectivity index (χ0v) is 16.8. The van der Waals surface area contributed by atoms with Crippen LogP contribution in [-0.4, -0.2) is 27.2 Å². The Morgan fingerprint density at radius 3 is 1.90 bits per heavy atom. The molecule has 0 unspecified atom stereocenters. The summed E-state index contributed by atoms with van der Waals surface area (Å²) in [6, 6.07) is 6.32. The Hall–Kier alpha value is -2.76. The van der Waals surface area contributed by atoms with Crippen LogP contribution in [0, 0.1) is 0 Å². The van der Waals surface area contributed by atoms with Crippen LogP contribution in [0.25, 0.3) is 0 Å². The van der Waals surface area contributed by atoms with E-state index in [0.717, 1.165) is 6.26 Å². The standard InChI is InChI=1S/C19H17F6NO4S/c1-31(28,29)16-6-4-15(5-7-16)30-8-2-3-17(27)26-14-10-12(18(20,21)22)9-13(11-14)19(23,24)25/h4-7,9-11H,2-3,8H2,1H3,(H,26,27). The van der Waals surface area contributed by atoms with E-state index in [-0.39, 0.29) is 30.4 Å². The monoisotopic (exact) mass is 469 g/mol. The van der Waals surface area contributed by atoms with Gasteiger partial charge < -0.3 is 10.1 Å². The molecule has 5 nitrogen and oxygen atoms in total. The van der Waals surface area contributed by atoms with Crippen LogP contribution in [0.15, 0.2) is 47.4 Å². The minimum absolute atomic E-state index is 0.0159. The number of carbonyl (C=O) groups is 1. The Kier molecular flexibility index (Phi) is 7.25. The molecule has 0 aliphatic carbocycles. The lowest BCUT2D eigenvalue weighted by atomic mass is 10.1. The topological polar surface area (TPSA) is 72.5 Å². The van der Waals surface area contributed by atoms with Gasteiger partial charge in [-0.1, -0.05) is 0 Å². The molecule has 0 aliphatic heterocycles. The molecule has 2 aromatic carbocycles. The summed E-state index contributed by atoms with van der Waals surface area (Å²) >= 11 is 0. The first-order chi connectivity index (χ1) is 14.2. The van der Waals surface area contributed by atoms with Gasteiger partial charge in [0.15, 0.2) is 9.84 Å². The summed E-state index contributed by atoms with van der Waals surface area (Å²) < 4.78 is 105. The maximum atomic E-state index is 12.8. The highest BCUT2D eigenvalue weighted by Crippen LogP contribution is 2.37. The second kappa shape index (κ2) is 9.16. The number of halogens is 6. The molecular weight excluding hydrogens is 452 g/mol. The molecular formula is C19H17F6NO4S. The van der Waals surface area contributed by atoms with Crippen LogP contribution in [0.2, 0.25) is 0 Å². The van der Waals surface area contributed by atoms with Gasteiger partial charge in [0.05, 0.1) is 22.6 Å². The first kappa shape index (κ1) is 24.5. The Labute approximate surface area is 173 Å². The summed E-state index contributed by atoms with van der Waals surface area (Å²) in [5.41, 5.74) is -3.68. The average Bonchev–Trinajstić information content (AvgIpc) is 2.63. The molecule has 0 aliphatic rings. The molecule has 0 radical (unpaired) electrons. The third kappa shape index (κ3) is 7.46. The summed E-state index contributed by atoms with van der Waals surface area (Å²) in [7, 11) is -3.36. The molecule has 0 spiro atoms. The predicted molar refractivity (Wildman–Crippen MR) is 99.4 cm³/mol. The molecule has 31 heavy (non-hydrogen) atoms. The number of rotatable bonds is 7. The Balaban J connectivity index is 1.94. The number of nitrogens with one attached hydrogen (secondary N) is 1. The minimum atomic E-state index is -5.01. The molecule has 0 atom stereocenters. The lowest BCUT2D eigenvalue weighted by molar-refractivity contribution is -0.143. The van der Waals surface area contributed by atoms with Gasteiger partial charge >= 0.3 is 12.4 Å². The van der Waals surface area contributed by atoms with Gasteiger partial charge in [-0.05, 0) is 48.9 Å². The van der Waals surface area contributed by atoms with E-state index in [0.29, 0.717) is 17.9 Å². The molecule has 2 rings (SSSR count). The van der Waals surface area contributed by atoms with E-state index >= 15 is 0 Å². The molecule has 0 saturated heterocycles. The third-order valence-electron chi connectivity index (χ3n) is 3.94. The molecule has 170 valence electrons. The fraction of sp³-hybridized carbons (Fsp3) is 0.316. The van der Waals surface area contributed by atoms with Crippen LogP contribution in [-0.2, 0) is 27.0 Å². The van der Waals surface area contributed by atoms with Crippen LogP contribution in [0.5, 0.6) is 5.75 Å². The lowest BCUT2D eigenvalue weighted by Gasteiger charge is -2.15. The van der Waals surface area contributed by atoms with Crippen molar-refractivity contribution in [1.29, 1.82) is 0 Å². The summed E-state index contributed by atoms with van der Waals surface area (Å²) in [5, 5.41) is 2.03. The van der Waals surface area contributed by atoms with E-state index in [2.05, 4.69) is 0 Å². The van der Waals surface area contributed by atoms with Crippen molar-refractivity contribution in [1.82, 2.24) is 0 Å². The largest absolute Gasteiger partial charge is 0.494 e. The third-order valence-corrected chi connectivity index (χ3v) is 5.07. The number of carbonyl (C=O) groups excluding carboxylic acids is 1. The van der Waals surface area contributed by atoms with Gasteiger partial charge in [0.25, 0.3) is 0 Å². The van der Waals surface area contributed by atoms with Crippen molar-refractivity contribution < 1.29 is 44.3 Å². The van der Waals surface area contributed by atoms with Gasteiger partial charge in [0.2, 0.25) is 5.91 Å². The van der Waals surface area contributed by atoms with Crippen molar-refractivity contribution in [3.8, 4) is 5.75 Å². The van der Waals surface area contributed by atoms with Gasteiger partial charge in [-0.2, -0.15) is 26.3 Å². The maximum Gasteiger partial charge on any atom is 0.416 e. The number of hydrogen-bond donors (Lipinski definition) is 1. The van der Waals surface area contributed by atoms with Crippen LogP contribution in [0.1, 0.15) is 24.0 Å². The quantitative estimate of drug-likeness (QED) is 0.461. The fourth-order valence-corrected chi connectivity index (χ4v) is 3.09. The number of sulfone groups is 1. The SMILES string of the molecule is CS(=O)(=O)c1ccc(OCCCC(=O)Nc2cc(C(F)(F)F)cc(C(F)(F)F)c2)cc1. The second-order valence-corrected chi connectivity index (χ2v) is 8.55. The second-order valence-electron chi connectivity index (χ2n) is 6.54. The smallest absolute Gasteiger partial charge is 0.416 e. The Morgan fingerprint density at radius 1 is 0.935 bits per heavy atom. The number of ether oxygens (including phenoxy) is 1. The normalized spacial score (nSPS) is 12.5. The number of benzene rings is 2. The number of alkyl halides is 6. The van der Waals surface area contributed by atoms with Crippen LogP contribution >= 0.6 is 0 Å². The molecule has 0 fully saturated rings. The van der Waals surface area contributed by atoms with Gasteiger partial charge in [-0.25, -0.2) is 8.42 Å². The van der Waals surface area contributed by atoms with Crippen molar-refractivity contribution in [2.24, 2.45) is 0 Å².